The predicted molar refractivity (Wildman–Crippen MR) is 155 cm³/mol. The predicted octanol–water partition coefficient (Wildman–Crippen LogP) is 2.32. The maximum absolute atomic E-state index is 12.2. The van der Waals surface area contributed by atoms with Gasteiger partial charge in [-0.3, -0.25) is 9.78 Å². The summed E-state index contributed by atoms with van der Waals surface area (Å²) in [6, 6.07) is 3.76. The molecule has 15 heteroatoms. The molecule has 0 aliphatic carbocycles. The van der Waals surface area contributed by atoms with E-state index in [1.54, 1.807) is 6.20 Å². The Morgan fingerprint density at radius 3 is 2.15 bits per heavy atom. The van der Waals surface area contributed by atoms with Crippen LogP contribution in [0.4, 0.5) is 17.5 Å². The Balaban J connectivity index is 0.000000357. The van der Waals surface area contributed by atoms with E-state index < -0.39 is 5.97 Å². The molecule has 0 saturated carbocycles. The number of fused-ring (bicyclic) bond motifs is 3. The molecule has 3 radical (unpaired) electrons. The first kappa shape index (κ1) is 30.3. The lowest BCUT2D eigenvalue weighted by Gasteiger charge is -2.09. The number of rotatable bonds is 9. The van der Waals surface area contributed by atoms with E-state index in [4.69, 9.17) is 27.3 Å². The topological polar surface area (TPSA) is 228 Å². The number of aromatic carboxylic acids is 1. The van der Waals surface area contributed by atoms with Crippen LogP contribution in [0.5, 0.6) is 0 Å². The molecule has 7 N–H and O–H groups in total. The number of anilines is 3. The lowest BCUT2D eigenvalue weighted by molar-refractivity contribution is 0.0689. The zero-order chi connectivity index (χ0) is 28.6. The maximum atomic E-state index is 12.2. The van der Waals surface area contributed by atoms with Gasteiger partial charge in [-0.1, -0.05) is 13.3 Å². The third-order valence-electron chi connectivity index (χ3n) is 5.99. The van der Waals surface area contributed by atoms with Gasteiger partial charge in [-0.25, -0.2) is 34.7 Å². The van der Waals surface area contributed by atoms with Crippen molar-refractivity contribution < 1.29 is 14.7 Å². The number of hydrogen-bond donors (Lipinski definition) is 4. The summed E-state index contributed by atoms with van der Waals surface area (Å²) in [5, 5.41) is 8.33. The lowest BCUT2D eigenvalue weighted by Crippen LogP contribution is -2.06. The highest BCUT2D eigenvalue weighted by Crippen LogP contribution is 2.28. The Hall–Kier alpha value is -5.21. The molecule has 5 rings (SSSR count). The molecular weight excluding hydrogens is 525 g/mol. The molecule has 5 aromatic heterocycles. The summed E-state index contributed by atoms with van der Waals surface area (Å²) in [6.07, 6.45) is 10.7. The zero-order valence-corrected chi connectivity index (χ0v) is 22.4. The lowest BCUT2D eigenvalue weighted by atomic mass is 10.1. The average Bonchev–Trinajstić information content (AvgIpc) is 3.33. The van der Waals surface area contributed by atoms with Crippen molar-refractivity contribution in [3.8, 4) is 0 Å². The van der Waals surface area contributed by atoms with Crippen molar-refractivity contribution in [2.24, 2.45) is 0 Å². The van der Waals surface area contributed by atoms with E-state index in [0.29, 0.717) is 29.3 Å². The van der Waals surface area contributed by atoms with Crippen LogP contribution >= 0.6 is 0 Å². The molecule has 0 fully saturated rings. The van der Waals surface area contributed by atoms with Crippen LogP contribution in [-0.2, 0) is 13.0 Å². The number of aryl methyl sites for hydroxylation is 2. The monoisotopic (exact) mass is 554 g/mol. The largest absolute Gasteiger partial charge is 0.476 e. The van der Waals surface area contributed by atoms with Gasteiger partial charge in [0.05, 0.1) is 30.3 Å². The van der Waals surface area contributed by atoms with Crippen LogP contribution < -0.4 is 17.2 Å². The smallest absolute Gasteiger partial charge is 0.356 e. The minimum Gasteiger partial charge on any atom is -0.476 e. The van der Waals surface area contributed by atoms with Gasteiger partial charge in [0, 0.05) is 34.0 Å². The van der Waals surface area contributed by atoms with Crippen LogP contribution in [0.1, 0.15) is 59.4 Å². The van der Waals surface area contributed by atoms with Gasteiger partial charge in [-0.15, -0.1) is 0 Å². The van der Waals surface area contributed by atoms with Crippen LogP contribution in [0.3, 0.4) is 0 Å². The van der Waals surface area contributed by atoms with Crippen LogP contribution in [-0.4, -0.2) is 64.7 Å². The van der Waals surface area contributed by atoms with Gasteiger partial charge in [-0.2, -0.15) is 0 Å². The highest BCUT2D eigenvalue weighted by molar-refractivity contribution is 6.04. The number of unbranched alkanes of at least 4 members (excludes halogenated alkanes) is 2. The Labute approximate surface area is 237 Å². The zero-order valence-electron chi connectivity index (χ0n) is 22.4. The highest BCUT2D eigenvalue weighted by atomic mass is 16.4. The normalized spacial score (nSPS) is 10.6. The number of nitrogens with zero attached hydrogens (tertiary/aromatic N) is 8. The van der Waals surface area contributed by atoms with E-state index in [-0.39, 0.29) is 25.7 Å². The van der Waals surface area contributed by atoms with Gasteiger partial charge < -0.3 is 26.9 Å². The fourth-order valence-electron chi connectivity index (χ4n) is 4.07. The number of aromatic nitrogens is 8. The minimum atomic E-state index is -1.10. The first-order valence-electron chi connectivity index (χ1n) is 12.6. The molecule has 5 aromatic rings. The quantitative estimate of drug-likeness (QED) is 0.117. The van der Waals surface area contributed by atoms with Crippen molar-refractivity contribution in [3.05, 3.63) is 60.3 Å². The summed E-state index contributed by atoms with van der Waals surface area (Å²) >= 11 is 0. The Morgan fingerprint density at radius 2 is 1.54 bits per heavy atom. The molecule has 0 aliphatic rings. The number of nitrogen functional groups attached to an aromatic ring is 3. The molecule has 5 heterocycles. The number of pyridine rings is 2. The van der Waals surface area contributed by atoms with E-state index in [9.17, 15) is 9.59 Å². The number of hydrogen-bond acceptors (Lipinski definition) is 12. The van der Waals surface area contributed by atoms with E-state index in [0.717, 1.165) is 60.8 Å². The second-order valence-corrected chi connectivity index (χ2v) is 8.79. The summed E-state index contributed by atoms with van der Waals surface area (Å²) in [4.78, 5) is 51.0. The minimum absolute atomic E-state index is 0. The second kappa shape index (κ2) is 13.7. The van der Waals surface area contributed by atoms with Crippen LogP contribution in [0.25, 0.3) is 22.1 Å². The van der Waals surface area contributed by atoms with E-state index >= 15 is 0 Å². The molecule has 0 spiro atoms. The maximum Gasteiger partial charge on any atom is 0.356 e. The third-order valence-corrected chi connectivity index (χ3v) is 5.99. The molecular formula is C26H29BN11O3. The van der Waals surface area contributed by atoms with Gasteiger partial charge in [-0.05, 0) is 25.0 Å². The molecule has 0 aromatic carbocycles. The summed E-state index contributed by atoms with van der Waals surface area (Å²) < 4.78 is 2.19. The average molecular weight is 554 g/mol. The molecule has 0 atom stereocenters. The Kier molecular flexibility index (Phi) is 10.2. The molecule has 0 amide bonds. The van der Waals surface area contributed by atoms with E-state index in [1.807, 2.05) is 12.1 Å². The Morgan fingerprint density at radius 1 is 0.854 bits per heavy atom. The van der Waals surface area contributed by atoms with E-state index in [2.05, 4.69) is 41.4 Å². The number of ketones is 1. The van der Waals surface area contributed by atoms with Crippen LogP contribution in [0.2, 0.25) is 0 Å². The molecule has 41 heavy (non-hydrogen) atoms. The number of nitrogens with two attached hydrogens (primary N) is 3. The number of carbonyl (C=O) groups excluding carboxylic acids is 1. The fraction of sp³-hybridized carbons (Fsp3) is 0.269. The van der Waals surface area contributed by atoms with Gasteiger partial charge in [0.15, 0.2) is 17.3 Å². The van der Waals surface area contributed by atoms with Crippen molar-refractivity contribution >= 4 is 59.7 Å². The third kappa shape index (κ3) is 7.26. The summed E-state index contributed by atoms with van der Waals surface area (Å²) in [6.45, 7) is 2.86. The van der Waals surface area contributed by atoms with Crippen molar-refractivity contribution in [1.29, 1.82) is 0 Å². The van der Waals surface area contributed by atoms with Crippen LogP contribution in [0.15, 0.2) is 43.1 Å². The molecule has 0 unspecified atom stereocenters. The van der Waals surface area contributed by atoms with Gasteiger partial charge >= 0.3 is 5.97 Å². The molecule has 209 valence electrons. The second-order valence-electron chi connectivity index (χ2n) is 8.79. The molecule has 0 aliphatic heterocycles. The van der Waals surface area contributed by atoms with Gasteiger partial charge in [0.2, 0.25) is 0 Å². The van der Waals surface area contributed by atoms with Crippen molar-refractivity contribution in [1.82, 2.24) is 39.5 Å². The first-order valence-corrected chi connectivity index (χ1v) is 12.6. The summed E-state index contributed by atoms with van der Waals surface area (Å²) in [7, 11) is 0. The van der Waals surface area contributed by atoms with E-state index in [1.165, 1.54) is 18.6 Å². The number of carbonyl (C=O) groups is 2. The summed E-state index contributed by atoms with van der Waals surface area (Å²) in [5.41, 5.74) is 20.3. The van der Waals surface area contributed by atoms with Crippen LogP contribution in [0, 0.1) is 0 Å². The molecule has 0 saturated heterocycles. The molecule has 14 nitrogen and oxygen atoms in total. The molecule has 0 bridgehead atoms. The number of imidazole rings is 1. The number of carboxylic acids is 1. The van der Waals surface area contributed by atoms with Crippen molar-refractivity contribution in [2.45, 2.75) is 45.6 Å². The van der Waals surface area contributed by atoms with Crippen molar-refractivity contribution in [2.75, 3.05) is 17.2 Å². The standard InChI is InChI=1S/C21H24N8O.C5H5N3O2.B/c1-2-17-28-19-20(18-13(27-21(19)23)7-6-9-24-18)29(17)10-5-3-4-8-15(30)14-11-26-16(22)12-25-14;6-4-2-7-3(1-8-4)5(9)10;/h6-7,9,11-12H,2-5,8,10H2,1H3,(H2,22,26)(H2,23,27);1-2H,(H2,6,8)(H,9,10);. The SMILES string of the molecule is CCc1nc2c(N)nc3cccnc3c2n1CCCCCC(=O)c1cnc(N)cn1.Nc1cnc(C(=O)O)cn1.[B]. The Bertz CT molecular complexity index is 1640. The number of Topliss-reactive ketones (excluding diaryl/α,β-unsaturated/α-hetero) is 1. The highest BCUT2D eigenvalue weighted by Gasteiger charge is 2.17. The summed E-state index contributed by atoms with van der Waals surface area (Å²) in [5.74, 6) is 0.791. The van der Waals surface area contributed by atoms with Gasteiger partial charge in [0.1, 0.15) is 39.7 Å². The fourth-order valence-corrected chi connectivity index (χ4v) is 4.07. The first-order chi connectivity index (χ1) is 19.3. The number of carboxylic acid groups (broad SMARTS) is 1. The van der Waals surface area contributed by atoms with Crippen molar-refractivity contribution in [3.63, 3.8) is 0 Å². The van der Waals surface area contributed by atoms with Gasteiger partial charge in [0.25, 0.3) is 0 Å².